The molecule has 0 saturated carbocycles. The largest absolute Gasteiger partial charge is 0.352 e. The molecule has 0 fully saturated rings. The maximum atomic E-state index is 13.2. The van der Waals surface area contributed by atoms with Crippen LogP contribution < -0.4 is 5.32 Å². The maximum absolute atomic E-state index is 13.2. The monoisotopic (exact) mass is 446 g/mol. The molecule has 0 aliphatic carbocycles. The van der Waals surface area contributed by atoms with Gasteiger partial charge in [0.2, 0.25) is 11.8 Å². The van der Waals surface area contributed by atoms with E-state index in [9.17, 15) is 9.59 Å². The van der Waals surface area contributed by atoms with Crippen molar-refractivity contribution in [1.82, 2.24) is 10.2 Å². The molecule has 2 aromatic carbocycles. The van der Waals surface area contributed by atoms with E-state index in [2.05, 4.69) is 5.32 Å². The van der Waals surface area contributed by atoms with Crippen molar-refractivity contribution in [2.24, 2.45) is 0 Å². The first-order valence-corrected chi connectivity index (χ1v) is 11.8. The molecule has 4 nitrogen and oxygen atoms in total. The summed E-state index contributed by atoms with van der Waals surface area (Å²) < 4.78 is 0. The third-order valence-electron chi connectivity index (χ3n) is 5.05. The van der Waals surface area contributed by atoms with Crippen molar-refractivity contribution < 1.29 is 9.59 Å². The lowest BCUT2D eigenvalue weighted by Crippen LogP contribution is -2.52. The lowest BCUT2D eigenvalue weighted by Gasteiger charge is -2.31. The maximum Gasteiger partial charge on any atom is 0.243 e. The normalized spacial score (nSPS) is 12.8. The first-order valence-electron chi connectivity index (χ1n) is 10.5. The van der Waals surface area contributed by atoms with E-state index in [4.69, 9.17) is 11.6 Å². The standard InChI is InChI=1S/C24H31ClN2O2S/c1-4-18(3)26-24(29)22(5-2)27(16-15-19-9-7-6-8-10-19)23(28)17-30-21-13-11-20(25)12-14-21/h6-14,18,22H,4-5,15-17H2,1-3H3,(H,26,29)/t18-,22-/m1/s1. The highest BCUT2D eigenvalue weighted by Gasteiger charge is 2.28. The van der Waals surface area contributed by atoms with Crippen LogP contribution in [0.3, 0.4) is 0 Å². The van der Waals surface area contributed by atoms with Crippen molar-refractivity contribution in [1.29, 1.82) is 0 Å². The third-order valence-corrected chi connectivity index (χ3v) is 6.30. The van der Waals surface area contributed by atoms with Crippen LogP contribution in [-0.2, 0) is 16.0 Å². The van der Waals surface area contributed by atoms with Crippen molar-refractivity contribution in [3.05, 3.63) is 65.2 Å². The molecule has 0 bridgehead atoms. The van der Waals surface area contributed by atoms with Gasteiger partial charge in [-0.15, -0.1) is 11.8 Å². The van der Waals surface area contributed by atoms with Crippen molar-refractivity contribution in [3.63, 3.8) is 0 Å². The molecule has 1 N–H and O–H groups in total. The number of nitrogens with zero attached hydrogens (tertiary/aromatic N) is 1. The molecule has 0 unspecified atom stereocenters. The molecule has 2 amide bonds. The fourth-order valence-electron chi connectivity index (χ4n) is 3.10. The van der Waals surface area contributed by atoms with E-state index in [1.165, 1.54) is 11.8 Å². The average Bonchev–Trinajstić information content (AvgIpc) is 2.76. The zero-order valence-electron chi connectivity index (χ0n) is 17.9. The number of nitrogens with one attached hydrogen (secondary N) is 1. The predicted molar refractivity (Wildman–Crippen MR) is 126 cm³/mol. The van der Waals surface area contributed by atoms with Crippen molar-refractivity contribution in [2.75, 3.05) is 12.3 Å². The van der Waals surface area contributed by atoms with Gasteiger partial charge in [0, 0.05) is 22.5 Å². The highest BCUT2D eigenvalue weighted by molar-refractivity contribution is 8.00. The van der Waals surface area contributed by atoms with Gasteiger partial charge in [-0.2, -0.15) is 0 Å². The number of carbonyl (C=O) groups is 2. The molecule has 2 atom stereocenters. The molecule has 0 aromatic heterocycles. The van der Waals surface area contributed by atoms with Gasteiger partial charge < -0.3 is 10.2 Å². The summed E-state index contributed by atoms with van der Waals surface area (Å²) in [5.41, 5.74) is 1.15. The second-order valence-corrected chi connectivity index (χ2v) is 8.79. The van der Waals surface area contributed by atoms with Gasteiger partial charge in [0.05, 0.1) is 5.75 Å². The van der Waals surface area contributed by atoms with Gasteiger partial charge in [0.15, 0.2) is 0 Å². The molecule has 162 valence electrons. The van der Waals surface area contributed by atoms with Crippen LogP contribution in [0.1, 0.15) is 39.2 Å². The first-order chi connectivity index (χ1) is 14.4. The number of benzene rings is 2. The van der Waals surface area contributed by atoms with Crippen LogP contribution in [0.2, 0.25) is 5.02 Å². The Balaban J connectivity index is 2.11. The minimum Gasteiger partial charge on any atom is -0.352 e. The summed E-state index contributed by atoms with van der Waals surface area (Å²) in [5.74, 6) is 0.172. The van der Waals surface area contributed by atoms with Gasteiger partial charge in [-0.3, -0.25) is 9.59 Å². The summed E-state index contributed by atoms with van der Waals surface area (Å²) in [6, 6.07) is 17.1. The van der Waals surface area contributed by atoms with Gasteiger partial charge in [0.25, 0.3) is 0 Å². The molecule has 6 heteroatoms. The van der Waals surface area contributed by atoms with Gasteiger partial charge >= 0.3 is 0 Å². The topological polar surface area (TPSA) is 49.4 Å². The van der Waals surface area contributed by atoms with E-state index in [-0.39, 0.29) is 23.6 Å². The molecule has 2 aromatic rings. The third kappa shape index (κ3) is 7.69. The minimum absolute atomic E-state index is 0.0305. The highest BCUT2D eigenvalue weighted by Crippen LogP contribution is 2.21. The van der Waals surface area contributed by atoms with Crippen molar-refractivity contribution in [2.45, 2.75) is 57.0 Å². The lowest BCUT2D eigenvalue weighted by molar-refractivity contribution is -0.139. The van der Waals surface area contributed by atoms with Crippen LogP contribution in [0.15, 0.2) is 59.5 Å². The molecule has 0 aliphatic heterocycles. The van der Waals surface area contributed by atoms with Crippen LogP contribution in [0.4, 0.5) is 0 Å². The second-order valence-electron chi connectivity index (χ2n) is 7.31. The van der Waals surface area contributed by atoms with Crippen molar-refractivity contribution in [3.8, 4) is 0 Å². The zero-order valence-corrected chi connectivity index (χ0v) is 19.5. The Bertz CT molecular complexity index is 799. The Kier molecular flexibility index (Phi) is 10.2. The fraction of sp³-hybridized carbons (Fsp3) is 0.417. The second kappa shape index (κ2) is 12.7. The molecule has 0 spiro atoms. The molecular weight excluding hydrogens is 416 g/mol. The number of amides is 2. The van der Waals surface area contributed by atoms with Gasteiger partial charge in [0.1, 0.15) is 6.04 Å². The lowest BCUT2D eigenvalue weighted by atomic mass is 10.1. The summed E-state index contributed by atoms with van der Waals surface area (Å²) >= 11 is 7.41. The van der Waals surface area contributed by atoms with E-state index in [1.807, 2.05) is 75.4 Å². The molecule has 0 radical (unpaired) electrons. The number of carbonyl (C=O) groups excluding carboxylic acids is 2. The van der Waals surface area contributed by atoms with Crippen LogP contribution in [0.5, 0.6) is 0 Å². The quantitative estimate of drug-likeness (QED) is 0.483. The van der Waals surface area contributed by atoms with Crippen LogP contribution in [0.25, 0.3) is 0 Å². The Labute approximate surface area is 189 Å². The van der Waals surface area contributed by atoms with Crippen LogP contribution >= 0.6 is 23.4 Å². The van der Waals surface area contributed by atoms with Crippen LogP contribution in [-0.4, -0.2) is 41.1 Å². The fourth-order valence-corrected chi connectivity index (χ4v) is 4.01. The number of halogens is 1. The molecular formula is C24H31ClN2O2S. The summed E-state index contributed by atoms with van der Waals surface area (Å²) in [4.78, 5) is 28.8. The Morgan fingerprint density at radius 1 is 1.03 bits per heavy atom. The minimum atomic E-state index is -0.471. The Hall–Kier alpha value is -1.98. The molecule has 0 heterocycles. The van der Waals surface area contributed by atoms with Gasteiger partial charge in [-0.1, -0.05) is 55.8 Å². The zero-order chi connectivity index (χ0) is 21.9. The summed E-state index contributed by atoms with van der Waals surface area (Å²) in [6.07, 6.45) is 2.15. The highest BCUT2D eigenvalue weighted by atomic mass is 35.5. The number of hydrogen-bond acceptors (Lipinski definition) is 3. The van der Waals surface area contributed by atoms with Gasteiger partial charge in [-0.25, -0.2) is 0 Å². The first kappa shape index (κ1) is 24.3. The van der Waals surface area contributed by atoms with Crippen molar-refractivity contribution >= 4 is 35.2 Å². The number of hydrogen-bond donors (Lipinski definition) is 1. The predicted octanol–water partition coefficient (Wildman–Crippen LogP) is 5.20. The Morgan fingerprint density at radius 2 is 1.70 bits per heavy atom. The van der Waals surface area contributed by atoms with E-state index in [1.54, 1.807) is 4.90 Å². The smallest absolute Gasteiger partial charge is 0.243 e. The summed E-state index contributed by atoms with van der Waals surface area (Å²) in [5, 5.41) is 3.71. The average molecular weight is 447 g/mol. The summed E-state index contributed by atoms with van der Waals surface area (Å²) in [7, 11) is 0. The van der Waals surface area contributed by atoms with E-state index < -0.39 is 6.04 Å². The SMILES string of the molecule is CC[C@@H](C)NC(=O)[C@@H](CC)N(CCc1ccccc1)C(=O)CSc1ccc(Cl)cc1. The van der Waals surface area contributed by atoms with Gasteiger partial charge in [-0.05, 0) is 56.0 Å². The summed E-state index contributed by atoms with van der Waals surface area (Å²) in [6.45, 7) is 6.48. The van der Waals surface area contributed by atoms with E-state index in [0.29, 0.717) is 24.4 Å². The van der Waals surface area contributed by atoms with E-state index >= 15 is 0 Å². The number of thioether (sulfide) groups is 1. The number of rotatable bonds is 11. The molecule has 30 heavy (non-hydrogen) atoms. The van der Waals surface area contributed by atoms with Crippen LogP contribution in [0, 0.1) is 0 Å². The Morgan fingerprint density at radius 3 is 2.30 bits per heavy atom. The molecule has 0 aliphatic rings. The molecule has 0 saturated heterocycles. The molecule has 2 rings (SSSR count). The van der Waals surface area contributed by atoms with E-state index in [0.717, 1.165) is 16.9 Å².